The number of ether oxygens (including phenoxy) is 2. The molecule has 3 nitrogen and oxygen atoms in total. The Labute approximate surface area is 126 Å². The number of methoxy groups -OCH3 is 1. The first-order valence-electron chi connectivity index (χ1n) is 6.52. The minimum Gasteiger partial charge on any atom is -0.497 e. The second-order valence-electron chi connectivity index (χ2n) is 4.88. The zero-order valence-electron chi connectivity index (χ0n) is 11.2. The Balaban J connectivity index is 1.82. The topological polar surface area (TPSA) is 44.5 Å². The Morgan fingerprint density at radius 2 is 2.10 bits per heavy atom. The van der Waals surface area contributed by atoms with Gasteiger partial charge in [-0.15, -0.1) is 0 Å². The summed E-state index contributed by atoms with van der Waals surface area (Å²) < 4.78 is 12.1. The van der Waals surface area contributed by atoms with Crippen LogP contribution >= 0.6 is 15.9 Å². The maximum atomic E-state index is 6.38. The first-order chi connectivity index (χ1) is 9.69. The average molecular weight is 334 g/mol. The summed E-state index contributed by atoms with van der Waals surface area (Å²) >= 11 is 3.56. The third-order valence-electron chi connectivity index (χ3n) is 3.64. The van der Waals surface area contributed by atoms with Gasteiger partial charge in [0.2, 0.25) is 0 Å². The number of hydrogen-bond acceptors (Lipinski definition) is 3. The Morgan fingerprint density at radius 1 is 1.30 bits per heavy atom. The van der Waals surface area contributed by atoms with Crippen LogP contribution in [0.3, 0.4) is 0 Å². The standard InChI is InChI=1S/C16H16BrNO2/c1-19-11-6-7-12(13(17)9-11)16(18)15-8-10-4-2-3-5-14(10)20-15/h2-7,9,15-16H,8,18H2,1H3. The smallest absolute Gasteiger partial charge is 0.123 e. The van der Waals surface area contributed by atoms with Gasteiger partial charge in [0.05, 0.1) is 13.2 Å². The van der Waals surface area contributed by atoms with E-state index in [0.717, 1.165) is 28.0 Å². The van der Waals surface area contributed by atoms with E-state index in [1.807, 2.05) is 36.4 Å². The SMILES string of the molecule is COc1ccc(C(N)C2Cc3ccccc3O2)c(Br)c1. The van der Waals surface area contributed by atoms with Crippen molar-refractivity contribution in [2.45, 2.75) is 18.6 Å². The van der Waals surface area contributed by atoms with Crippen LogP contribution in [-0.4, -0.2) is 13.2 Å². The van der Waals surface area contributed by atoms with E-state index in [9.17, 15) is 0 Å². The monoisotopic (exact) mass is 333 g/mol. The average Bonchev–Trinajstić information content (AvgIpc) is 2.90. The molecular weight excluding hydrogens is 318 g/mol. The van der Waals surface area contributed by atoms with Crippen LogP contribution < -0.4 is 15.2 Å². The number of benzene rings is 2. The highest BCUT2D eigenvalue weighted by Crippen LogP contribution is 2.35. The summed E-state index contributed by atoms with van der Waals surface area (Å²) in [7, 11) is 1.65. The Kier molecular flexibility index (Phi) is 3.68. The Morgan fingerprint density at radius 3 is 2.80 bits per heavy atom. The van der Waals surface area contributed by atoms with E-state index >= 15 is 0 Å². The molecule has 2 aromatic rings. The molecule has 0 amide bonds. The van der Waals surface area contributed by atoms with Crippen LogP contribution in [0.1, 0.15) is 17.2 Å². The van der Waals surface area contributed by atoms with Gasteiger partial charge in [0.15, 0.2) is 0 Å². The fourth-order valence-corrected chi connectivity index (χ4v) is 3.14. The molecule has 2 aromatic carbocycles. The molecule has 1 heterocycles. The molecule has 0 saturated heterocycles. The van der Waals surface area contributed by atoms with Crippen molar-refractivity contribution in [1.29, 1.82) is 0 Å². The van der Waals surface area contributed by atoms with Gasteiger partial charge in [0.25, 0.3) is 0 Å². The zero-order chi connectivity index (χ0) is 14.1. The van der Waals surface area contributed by atoms with Gasteiger partial charge >= 0.3 is 0 Å². The van der Waals surface area contributed by atoms with E-state index in [1.54, 1.807) is 7.11 Å². The Bertz CT molecular complexity index is 605. The zero-order valence-corrected chi connectivity index (χ0v) is 12.8. The number of nitrogens with two attached hydrogens (primary N) is 1. The van der Waals surface area contributed by atoms with Crippen molar-refractivity contribution in [1.82, 2.24) is 0 Å². The summed E-state index contributed by atoms with van der Waals surface area (Å²) in [5.41, 5.74) is 8.63. The molecule has 104 valence electrons. The van der Waals surface area contributed by atoms with E-state index in [1.165, 1.54) is 5.56 Å². The van der Waals surface area contributed by atoms with E-state index in [0.29, 0.717) is 0 Å². The van der Waals surface area contributed by atoms with Crippen molar-refractivity contribution in [3.8, 4) is 11.5 Å². The van der Waals surface area contributed by atoms with Gasteiger partial charge in [0, 0.05) is 10.9 Å². The summed E-state index contributed by atoms with van der Waals surface area (Å²) in [5.74, 6) is 1.75. The van der Waals surface area contributed by atoms with Gasteiger partial charge in [-0.2, -0.15) is 0 Å². The molecule has 2 atom stereocenters. The Hall–Kier alpha value is -1.52. The van der Waals surface area contributed by atoms with E-state index in [2.05, 4.69) is 22.0 Å². The molecule has 3 rings (SSSR count). The lowest BCUT2D eigenvalue weighted by Gasteiger charge is -2.21. The third kappa shape index (κ3) is 2.41. The quantitative estimate of drug-likeness (QED) is 0.935. The van der Waals surface area contributed by atoms with Crippen LogP contribution in [0.15, 0.2) is 46.9 Å². The molecular formula is C16H16BrNO2. The second-order valence-corrected chi connectivity index (χ2v) is 5.74. The van der Waals surface area contributed by atoms with Gasteiger partial charge in [-0.1, -0.05) is 40.2 Å². The highest BCUT2D eigenvalue weighted by molar-refractivity contribution is 9.10. The number of fused-ring (bicyclic) bond motifs is 1. The summed E-state index contributed by atoms with van der Waals surface area (Å²) in [6.07, 6.45) is 0.813. The van der Waals surface area contributed by atoms with E-state index in [-0.39, 0.29) is 12.1 Å². The van der Waals surface area contributed by atoms with Crippen LogP contribution in [0.25, 0.3) is 0 Å². The highest BCUT2D eigenvalue weighted by Gasteiger charge is 2.29. The second kappa shape index (κ2) is 5.46. The van der Waals surface area contributed by atoms with E-state index < -0.39 is 0 Å². The molecule has 0 radical (unpaired) electrons. The fraction of sp³-hybridized carbons (Fsp3) is 0.250. The third-order valence-corrected chi connectivity index (χ3v) is 4.33. The number of hydrogen-bond donors (Lipinski definition) is 1. The van der Waals surface area contributed by atoms with E-state index in [4.69, 9.17) is 15.2 Å². The molecule has 0 aliphatic carbocycles. The number of rotatable bonds is 3. The maximum absolute atomic E-state index is 6.38. The molecule has 0 bridgehead atoms. The van der Waals surface area contributed by atoms with Crippen molar-refractivity contribution in [3.05, 3.63) is 58.1 Å². The molecule has 4 heteroatoms. The predicted octanol–water partition coefficient (Wildman–Crippen LogP) is 3.46. The molecule has 0 aromatic heterocycles. The lowest BCUT2D eigenvalue weighted by molar-refractivity contribution is 0.199. The molecule has 2 N–H and O–H groups in total. The normalized spacial score (nSPS) is 18.2. The first kappa shape index (κ1) is 13.5. The van der Waals surface area contributed by atoms with Gasteiger partial charge < -0.3 is 15.2 Å². The van der Waals surface area contributed by atoms with Crippen LogP contribution in [0.4, 0.5) is 0 Å². The molecule has 1 aliphatic heterocycles. The molecule has 0 saturated carbocycles. The first-order valence-corrected chi connectivity index (χ1v) is 7.32. The molecule has 1 aliphatic rings. The van der Waals surface area contributed by atoms with Crippen LogP contribution in [0.2, 0.25) is 0 Å². The lowest BCUT2D eigenvalue weighted by atomic mass is 9.98. The predicted molar refractivity (Wildman–Crippen MR) is 82.2 cm³/mol. The molecule has 20 heavy (non-hydrogen) atoms. The van der Waals surface area contributed by atoms with Crippen molar-refractivity contribution in [2.75, 3.05) is 7.11 Å². The molecule has 0 spiro atoms. The largest absolute Gasteiger partial charge is 0.497 e. The van der Waals surface area contributed by atoms with Gasteiger partial charge in [-0.25, -0.2) is 0 Å². The molecule has 2 unspecified atom stereocenters. The number of para-hydroxylation sites is 1. The lowest BCUT2D eigenvalue weighted by Crippen LogP contribution is -2.30. The molecule has 0 fully saturated rings. The van der Waals surface area contributed by atoms with Crippen LogP contribution in [0, 0.1) is 0 Å². The summed E-state index contributed by atoms with van der Waals surface area (Å²) in [5, 5.41) is 0. The summed E-state index contributed by atoms with van der Waals surface area (Å²) in [6.45, 7) is 0. The number of halogens is 1. The van der Waals surface area contributed by atoms with Crippen LogP contribution in [-0.2, 0) is 6.42 Å². The highest BCUT2D eigenvalue weighted by atomic mass is 79.9. The van der Waals surface area contributed by atoms with Crippen LogP contribution in [0.5, 0.6) is 11.5 Å². The minimum atomic E-state index is -0.178. The summed E-state index contributed by atoms with van der Waals surface area (Å²) in [4.78, 5) is 0. The van der Waals surface area contributed by atoms with Crippen molar-refractivity contribution < 1.29 is 9.47 Å². The van der Waals surface area contributed by atoms with Crippen molar-refractivity contribution in [3.63, 3.8) is 0 Å². The van der Waals surface area contributed by atoms with Gasteiger partial charge in [-0.3, -0.25) is 0 Å². The van der Waals surface area contributed by atoms with Crippen molar-refractivity contribution in [2.24, 2.45) is 5.73 Å². The minimum absolute atomic E-state index is 0.0305. The van der Waals surface area contributed by atoms with Gasteiger partial charge in [-0.05, 0) is 29.3 Å². The maximum Gasteiger partial charge on any atom is 0.123 e. The fourth-order valence-electron chi connectivity index (χ4n) is 2.51. The van der Waals surface area contributed by atoms with Gasteiger partial charge in [0.1, 0.15) is 17.6 Å². The van der Waals surface area contributed by atoms with Crippen molar-refractivity contribution >= 4 is 15.9 Å². The summed E-state index contributed by atoms with van der Waals surface area (Å²) in [6, 6.07) is 13.7.